The van der Waals surface area contributed by atoms with Gasteiger partial charge in [0, 0.05) is 11.6 Å². The van der Waals surface area contributed by atoms with Crippen LogP contribution in [0.4, 0.5) is 0 Å². The fourth-order valence-electron chi connectivity index (χ4n) is 3.84. The molecule has 2 fully saturated rings. The lowest BCUT2D eigenvalue weighted by molar-refractivity contribution is -0.129. The van der Waals surface area contributed by atoms with Crippen LogP contribution in [0, 0.1) is 0 Å². The van der Waals surface area contributed by atoms with E-state index in [1.165, 1.54) is 12.8 Å². The van der Waals surface area contributed by atoms with E-state index in [2.05, 4.69) is 10.6 Å². The van der Waals surface area contributed by atoms with Crippen LogP contribution in [0.1, 0.15) is 68.1 Å². The highest BCUT2D eigenvalue weighted by atomic mass is 16.2. The van der Waals surface area contributed by atoms with Gasteiger partial charge >= 0.3 is 0 Å². The highest BCUT2D eigenvalue weighted by molar-refractivity contribution is 5.99. The van der Waals surface area contributed by atoms with Gasteiger partial charge in [-0.1, -0.05) is 50.3 Å². The molecule has 1 aromatic carbocycles. The summed E-state index contributed by atoms with van der Waals surface area (Å²) in [7, 11) is 0. The molecule has 3 rings (SSSR count). The van der Waals surface area contributed by atoms with Gasteiger partial charge in [-0.2, -0.15) is 0 Å². The molecule has 2 amide bonds. The number of rotatable bonds is 4. The molecule has 0 unspecified atom stereocenters. The van der Waals surface area contributed by atoms with Crippen LogP contribution in [-0.4, -0.2) is 23.4 Å². The Morgan fingerprint density at radius 1 is 0.913 bits per heavy atom. The quantitative estimate of drug-likeness (QED) is 0.897. The van der Waals surface area contributed by atoms with Crippen LogP contribution in [0.15, 0.2) is 30.3 Å². The van der Waals surface area contributed by atoms with E-state index >= 15 is 0 Å². The normalized spacial score (nSPS) is 20.9. The van der Waals surface area contributed by atoms with Crippen LogP contribution in [-0.2, 0) is 4.79 Å². The van der Waals surface area contributed by atoms with Crippen molar-refractivity contribution in [2.75, 3.05) is 0 Å². The maximum Gasteiger partial charge on any atom is 0.252 e. The molecule has 0 radical (unpaired) electrons. The third-order valence-corrected chi connectivity index (χ3v) is 5.22. The number of hydrogen-bond acceptors (Lipinski definition) is 2. The highest BCUT2D eigenvalue weighted by Crippen LogP contribution is 2.30. The van der Waals surface area contributed by atoms with Crippen molar-refractivity contribution in [3.8, 4) is 0 Å². The Morgan fingerprint density at radius 3 is 2.22 bits per heavy atom. The predicted octanol–water partition coefficient (Wildman–Crippen LogP) is 3.18. The molecule has 2 aliphatic carbocycles. The van der Waals surface area contributed by atoms with E-state index in [-0.39, 0.29) is 17.9 Å². The summed E-state index contributed by atoms with van der Waals surface area (Å²) in [5.41, 5.74) is -0.112. The number of carbonyl (C=O) groups excluding carboxylic acids is 2. The molecule has 4 heteroatoms. The van der Waals surface area contributed by atoms with E-state index in [4.69, 9.17) is 0 Å². The predicted molar refractivity (Wildman–Crippen MR) is 90.1 cm³/mol. The Balaban J connectivity index is 1.73. The fourth-order valence-corrected chi connectivity index (χ4v) is 3.84. The zero-order valence-corrected chi connectivity index (χ0v) is 13.6. The van der Waals surface area contributed by atoms with Gasteiger partial charge in [0.2, 0.25) is 5.91 Å². The van der Waals surface area contributed by atoms with E-state index in [9.17, 15) is 9.59 Å². The average Bonchev–Trinajstić information content (AvgIpc) is 3.09. The van der Waals surface area contributed by atoms with Crippen molar-refractivity contribution in [1.82, 2.24) is 10.6 Å². The fraction of sp³-hybridized carbons (Fsp3) is 0.579. The number of nitrogens with one attached hydrogen (secondary N) is 2. The first-order valence-corrected chi connectivity index (χ1v) is 8.88. The first kappa shape index (κ1) is 16.0. The van der Waals surface area contributed by atoms with E-state index in [0.29, 0.717) is 5.56 Å². The molecular formula is C19H26N2O2. The molecule has 0 aliphatic heterocycles. The van der Waals surface area contributed by atoms with Gasteiger partial charge in [-0.05, 0) is 37.8 Å². The summed E-state index contributed by atoms with van der Waals surface area (Å²) in [5.74, 6) is -0.123. The summed E-state index contributed by atoms with van der Waals surface area (Å²) in [6, 6.07) is 9.46. The smallest absolute Gasteiger partial charge is 0.252 e. The third-order valence-electron chi connectivity index (χ3n) is 5.22. The second kappa shape index (κ2) is 7.16. The zero-order chi connectivity index (χ0) is 16.1. The van der Waals surface area contributed by atoms with Crippen LogP contribution < -0.4 is 10.6 Å². The van der Waals surface area contributed by atoms with E-state index < -0.39 is 5.54 Å². The largest absolute Gasteiger partial charge is 0.351 e. The van der Waals surface area contributed by atoms with Crippen LogP contribution in [0.25, 0.3) is 0 Å². The monoisotopic (exact) mass is 314 g/mol. The summed E-state index contributed by atoms with van der Waals surface area (Å²) in [6.45, 7) is 0. The summed E-state index contributed by atoms with van der Waals surface area (Å²) in [5, 5.41) is 6.26. The van der Waals surface area contributed by atoms with Gasteiger partial charge in [0.25, 0.3) is 5.91 Å². The summed E-state index contributed by atoms with van der Waals surface area (Å²) >= 11 is 0. The van der Waals surface area contributed by atoms with Gasteiger partial charge in [0.05, 0.1) is 0 Å². The minimum absolute atomic E-state index is 0.0216. The van der Waals surface area contributed by atoms with Crippen molar-refractivity contribution >= 4 is 11.8 Å². The first-order valence-electron chi connectivity index (χ1n) is 8.88. The summed E-state index contributed by atoms with van der Waals surface area (Å²) in [6.07, 6.45) is 9.11. The molecule has 1 aromatic rings. The van der Waals surface area contributed by atoms with Crippen molar-refractivity contribution in [2.45, 2.75) is 69.4 Å². The van der Waals surface area contributed by atoms with Gasteiger partial charge in [-0.15, -0.1) is 0 Å². The maximum atomic E-state index is 12.9. The third kappa shape index (κ3) is 3.74. The number of hydrogen-bond donors (Lipinski definition) is 2. The molecule has 0 heterocycles. The van der Waals surface area contributed by atoms with Gasteiger partial charge in [-0.3, -0.25) is 9.59 Å². The topological polar surface area (TPSA) is 58.2 Å². The van der Waals surface area contributed by atoms with Gasteiger partial charge in [-0.25, -0.2) is 0 Å². The molecular weight excluding hydrogens is 288 g/mol. The molecule has 2 saturated carbocycles. The van der Waals surface area contributed by atoms with Crippen molar-refractivity contribution < 1.29 is 9.59 Å². The zero-order valence-electron chi connectivity index (χ0n) is 13.6. The molecule has 0 bridgehead atoms. The maximum absolute atomic E-state index is 12.9. The molecule has 0 atom stereocenters. The second-order valence-corrected chi connectivity index (χ2v) is 6.92. The highest BCUT2D eigenvalue weighted by Gasteiger charge is 2.41. The standard InChI is InChI=1S/C19H26N2O2/c22-17(15-9-3-1-4-10-15)21-19(13-7-2-8-14-19)18(23)20-16-11-5-6-12-16/h1,3-4,9-10,16H,2,5-8,11-14H2,(H,20,23)(H,21,22). The summed E-state index contributed by atoms with van der Waals surface area (Å²) < 4.78 is 0. The number of carbonyl (C=O) groups is 2. The molecule has 23 heavy (non-hydrogen) atoms. The van der Waals surface area contributed by atoms with E-state index in [0.717, 1.165) is 44.9 Å². The Labute approximate surface area is 138 Å². The molecule has 0 aromatic heterocycles. The molecule has 0 saturated heterocycles. The summed E-state index contributed by atoms with van der Waals surface area (Å²) in [4.78, 5) is 25.5. The molecule has 0 spiro atoms. The van der Waals surface area contributed by atoms with E-state index in [1.807, 2.05) is 18.2 Å². The van der Waals surface area contributed by atoms with Crippen LogP contribution in [0.2, 0.25) is 0 Å². The lowest BCUT2D eigenvalue weighted by Crippen LogP contribution is -2.60. The lowest BCUT2D eigenvalue weighted by atomic mass is 9.80. The van der Waals surface area contributed by atoms with Crippen molar-refractivity contribution in [2.24, 2.45) is 0 Å². The second-order valence-electron chi connectivity index (χ2n) is 6.92. The SMILES string of the molecule is O=C(NC1(C(=O)NC2CCCC2)CCCCC1)c1ccccc1. The minimum Gasteiger partial charge on any atom is -0.351 e. The van der Waals surface area contributed by atoms with Crippen molar-refractivity contribution in [3.05, 3.63) is 35.9 Å². The Kier molecular flexibility index (Phi) is 4.99. The van der Waals surface area contributed by atoms with Crippen LogP contribution >= 0.6 is 0 Å². The first-order chi connectivity index (χ1) is 11.2. The molecule has 2 N–H and O–H groups in total. The number of benzene rings is 1. The van der Waals surface area contributed by atoms with E-state index in [1.54, 1.807) is 12.1 Å². The Hall–Kier alpha value is -1.84. The molecule has 2 aliphatic rings. The minimum atomic E-state index is -0.728. The molecule has 4 nitrogen and oxygen atoms in total. The van der Waals surface area contributed by atoms with Crippen LogP contribution in [0.5, 0.6) is 0 Å². The van der Waals surface area contributed by atoms with Gasteiger partial charge < -0.3 is 10.6 Å². The average molecular weight is 314 g/mol. The van der Waals surface area contributed by atoms with Gasteiger partial charge in [0.15, 0.2) is 0 Å². The van der Waals surface area contributed by atoms with Crippen molar-refractivity contribution in [1.29, 1.82) is 0 Å². The number of amides is 2. The Bertz CT molecular complexity index is 544. The van der Waals surface area contributed by atoms with Gasteiger partial charge in [0.1, 0.15) is 5.54 Å². The van der Waals surface area contributed by atoms with Crippen molar-refractivity contribution in [3.63, 3.8) is 0 Å². The Morgan fingerprint density at radius 2 is 1.57 bits per heavy atom. The van der Waals surface area contributed by atoms with Crippen LogP contribution in [0.3, 0.4) is 0 Å². The molecule has 124 valence electrons. The lowest BCUT2D eigenvalue weighted by Gasteiger charge is -2.37.